The average Bonchev–Trinajstić information content (AvgIpc) is 1.68. The van der Waals surface area contributed by atoms with E-state index in [0.29, 0.717) is 68.3 Å². The number of carbonyl (C=O) groups excluding carboxylic acids is 2. The van der Waals surface area contributed by atoms with Gasteiger partial charge in [-0.1, -0.05) is 134 Å². The molecule has 0 bridgehead atoms. The summed E-state index contributed by atoms with van der Waals surface area (Å²) in [5.41, 5.74) is 8.58. The van der Waals surface area contributed by atoms with Crippen molar-refractivity contribution in [1.29, 1.82) is 0 Å². The largest absolute Gasteiger partial charge is 0.519 e. The van der Waals surface area contributed by atoms with Gasteiger partial charge >= 0.3 is 12.3 Å². The Labute approximate surface area is 628 Å². The average molecular weight is 1510 g/mol. The molecule has 22 heteroatoms. The van der Waals surface area contributed by atoms with E-state index in [0.717, 1.165) is 73.7 Å². The van der Waals surface area contributed by atoms with E-state index in [1.54, 1.807) is 102 Å². The molecule has 0 aliphatic carbocycles. The fourth-order valence-electron chi connectivity index (χ4n) is 14.5. The Morgan fingerprint density at radius 2 is 0.933 bits per heavy atom. The quantitative estimate of drug-likeness (QED) is 0.0266. The fourth-order valence-corrected chi connectivity index (χ4v) is 18.1. The van der Waals surface area contributed by atoms with Gasteiger partial charge in [-0.15, -0.1) is 13.2 Å². The van der Waals surface area contributed by atoms with Crippen LogP contribution < -0.4 is 5.73 Å². The Hall–Kier alpha value is -5.44. The first kappa shape index (κ1) is 88.5. The molecule has 2 aromatic rings. The van der Waals surface area contributed by atoms with Crippen molar-refractivity contribution < 1.29 is 88.7 Å². The predicted octanol–water partition coefficient (Wildman–Crippen LogP) is 14.7. The number of aliphatic hydroxyl groups excluding tert-OH is 2. The minimum absolute atomic E-state index is 0.00311. The molecular weight excluding hydrogens is 1380 g/mol. The van der Waals surface area contributed by atoms with Crippen LogP contribution in [0.3, 0.4) is 0 Å². The molecule has 6 aliphatic rings. The Morgan fingerprint density at radius 3 is 1.29 bits per heavy atom. The highest BCUT2D eigenvalue weighted by Crippen LogP contribution is 2.45. The van der Waals surface area contributed by atoms with Crippen LogP contribution in [0, 0.1) is 35.5 Å². The number of carbonyl (C=O) groups is 2. The van der Waals surface area contributed by atoms with Crippen molar-refractivity contribution in [2.75, 3.05) is 44.5 Å². The van der Waals surface area contributed by atoms with Gasteiger partial charge in [0, 0.05) is 50.5 Å². The van der Waals surface area contributed by atoms with Crippen LogP contribution in [-0.4, -0.2) is 180 Å². The molecule has 8 rings (SSSR count). The van der Waals surface area contributed by atoms with Crippen molar-refractivity contribution >= 4 is 32.0 Å². The number of rotatable bonds is 32. The van der Waals surface area contributed by atoms with Gasteiger partial charge in [-0.2, -0.15) is 0 Å². The molecule has 0 radical (unpaired) electrons. The van der Waals surface area contributed by atoms with Crippen LogP contribution in [0.5, 0.6) is 0 Å². The van der Waals surface area contributed by atoms with Gasteiger partial charge in [0.1, 0.15) is 11.2 Å². The highest BCUT2D eigenvalue weighted by molar-refractivity contribution is 7.91. The SMILES string of the molecule is C=CCOC/C=C/[C@H]1CC(=C)C(CC[C@H]2C[C@@H](C)C(=C)[C@@H](CC3O[C@H](C[C@H](O)CC)[C@H](C)[C@H]3CS(=O)(=O)c3ccccc3)O2)O1.C=CCOC/C=C/[C@H]1CC(=C)C(CC[C@H]2C[C@@H](C)C(=C)[C@@H](CC3O[C@H](C[C@H](O)CN)[C@H](C)[C@H]3CS(=O)(=O)c3ccccc3)O2)O1.CC(C)(C)OC(=O)OC(=O)OC(C)(C)C. The third-order valence-corrected chi connectivity index (χ3v) is 24.1. The van der Waals surface area contributed by atoms with E-state index in [1.165, 1.54) is 0 Å². The van der Waals surface area contributed by atoms with Crippen LogP contribution in [-0.2, 0) is 71.8 Å². The molecular formula is C83H125NO19S2. The highest BCUT2D eigenvalue weighted by Gasteiger charge is 2.49. The van der Waals surface area contributed by atoms with Crippen molar-refractivity contribution in [3.63, 3.8) is 0 Å². The summed E-state index contributed by atoms with van der Waals surface area (Å²) in [5, 5.41) is 20.8. The Morgan fingerprint density at radius 1 is 0.552 bits per heavy atom. The third-order valence-electron chi connectivity index (χ3n) is 20.5. The second-order valence-corrected chi connectivity index (χ2v) is 35.3. The molecule has 0 saturated carbocycles. The summed E-state index contributed by atoms with van der Waals surface area (Å²) in [6.45, 7) is 47.3. The zero-order valence-electron chi connectivity index (χ0n) is 64.4. The zero-order valence-corrected chi connectivity index (χ0v) is 66.0. The molecule has 6 heterocycles. The van der Waals surface area contributed by atoms with Crippen molar-refractivity contribution in [1.82, 2.24) is 0 Å². The lowest BCUT2D eigenvalue weighted by atomic mass is 9.82. The maximum absolute atomic E-state index is 13.5. The lowest BCUT2D eigenvalue weighted by Gasteiger charge is -2.38. The van der Waals surface area contributed by atoms with Gasteiger partial charge in [-0.3, -0.25) is 0 Å². The molecule has 4 N–H and O–H groups in total. The number of hydrogen-bond donors (Lipinski definition) is 3. The molecule has 0 aromatic heterocycles. The van der Waals surface area contributed by atoms with Crippen molar-refractivity contribution in [2.24, 2.45) is 41.2 Å². The first-order valence-corrected chi connectivity index (χ1v) is 41.0. The lowest BCUT2D eigenvalue weighted by Crippen LogP contribution is -2.38. The predicted molar refractivity (Wildman–Crippen MR) is 410 cm³/mol. The third kappa shape index (κ3) is 28.8. The van der Waals surface area contributed by atoms with Gasteiger partial charge in [0.05, 0.1) is 133 Å². The van der Waals surface area contributed by atoms with Crippen molar-refractivity contribution in [3.8, 4) is 0 Å². The second kappa shape index (κ2) is 41.9. The number of sulfone groups is 2. The van der Waals surface area contributed by atoms with Crippen LogP contribution >= 0.6 is 0 Å². The number of hydrogen-bond acceptors (Lipinski definition) is 20. The molecule has 20 nitrogen and oxygen atoms in total. The minimum atomic E-state index is -3.55. The summed E-state index contributed by atoms with van der Waals surface area (Å²) in [4.78, 5) is 22.7. The van der Waals surface area contributed by atoms with Crippen LogP contribution in [0.15, 0.2) is 169 Å². The summed E-state index contributed by atoms with van der Waals surface area (Å²) >= 11 is 0. The van der Waals surface area contributed by atoms with Gasteiger partial charge in [-0.25, -0.2) is 26.4 Å². The molecule has 2 aromatic carbocycles. The lowest BCUT2D eigenvalue weighted by molar-refractivity contribution is -0.0750. The molecule has 588 valence electrons. The summed E-state index contributed by atoms with van der Waals surface area (Å²) < 4.78 is 118. The van der Waals surface area contributed by atoms with E-state index in [4.69, 9.17) is 53.1 Å². The molecule has 20 atom stereocenters. The molecule has 0 amide bonds. The molecule has 4 unspecified atom stereocenters. The maximum Gasteiger partial charge on any atom is 0.519 e. The molecule has 6 aliphatic heterocycles. The second-order valence-electron chi connectivity index (χ2n) is 31.2. The van der Waals surface area contributed by atoms with Crippen LogP contribution in [0.1, 0.15) is 160 Å². The number of benzene rings is 2. The molecule has 0 spiro atoms. The smallest absolute Gasteiger partial charge is 0.428 e. The van der Waals surface area contributed by atoms with E-state index >= 15 is 0 Å². The van der Waals surface area contributed by atoms with E-state index in [2.05, 4.69) is 71.1 Å². The minimum Gasteiger partial charge on any atom is -0.428 e. The van der Waals surface area contributed by atoms with Gasteiger partial charge in [0.25, 0.3) is 0 Å². The number of ether oxygens (including phenoxy) is 11. The topological polar surface area (TPSA) is 270 Å². The van der Waals surface area contributed by atoms with Crippen LogP contribution in [0.2, 0.25) is 0 Å². The molecule has 6 saturated heterocycles. The van der Waals surface area contributed by atoms with E-state index in [9.17, 15) is 36.6 Å². The van der Waals surface area contributed by atoms with Gasteiger partial charge < -0.3 is 68.1 Å². The summed E-state index contributed by atoms with van der Waals surface area (Å²) in [5.74, 6) is -0.104. The fraction of sp³-hybridized carbons (Fsp3) is 0.639. The first-order chi connectivity index (χ1) is 49.5. The van der Waals surface area contributed by atoms with E-state index < -0.39 is 55.4 Å². The van der Waals surface area contributed by atoms with Gasteiger partial charge in [-0.05, 0) is 163 Å². The van der Waals surface area contributed by atoms with Crippen LogP contribution in [0.4, 0.5) is 9.59 Å². The zero-order chi connectivity index (χ0) is 77.4. The maximum atomic E-state index is 13.5. The van der Waals surface area contributed by atoms with E-state index in [1.807, 2.05) is 44.2 Å². The molecule has 105 heavy (non-hydrogen) atoms. The van der Waals surface area contributed by atoms with Crippen molar-refractivity contribution in [3.05, 3.63) is 159 Å². The van der Waals surface area contributed by atoms with E-state index in [-0.39, 0.29) is 127 Å². The standard InChI is InChI=1S/C37H54O7S.C36H53NO7S.C10H18O5/c1-7-18-41-19-12-13-30-21-26(4)34(42-30)17-16-31-20-25(3)27(5)36(43-31)23-37-33(28(6)35(44-37)22-29(38)8-2)24-45(39,40)32-14-10-9-11-15-32;1-6-16-41-17-10-11-29-19-25(3)33(42-29)15-14-30-18-24(2)26(4)35(43-30)21-36-32(27(5)34(44-36)20-28(38)22-37)23-45(39,40)31-12-8-7-9-13-31;1-9(2,3)14-7(11)13-8(12)15-10(4,5)6/h7,9-15,25,28-31,33-38H,1,4-5,8,16-24H2,2-3,6H3;6-13,24,27-30,32-36,38H,1,3-4,14-23,37H2,2,5H3;1-6H3/b13-12+;11-10+;/t25-,28-,29-,30+,31+,33-,34?,35-,36-,37?;24-,27-,28+,29+,30+,32-,33?,34-,35-,36?;/m11./s1. The number of aliphatic hydroxyl groups is 2. The Balaban J connectivity index is 0.000000276. The van der Waals surface area contributed by atoms with Crippen LogP contribution in [0.25, 0.3) is 0 Å². The normalized spacial score (nSPS) is 30.2. The summed E-state index contributed by atoms with van der Waals surface area (Å²) in [7, 11) is -7.07. The first-order valence-electron chi connectivity index (χ1n) is 37.6. The van der Waals surface area contributed by atoms with Gasteiger partial charge in [0.2, 0.25) is 0 Å². The Kier molecular flexibility index (Phi) is 35.3. The van der Waals surface area contributed by atoms with Gasteiger partial charge in [0.15, 0.2) is 19.7 Å². The number of nitrogens with two attached hydrogens (primary N) is 1. The summed E-state index contributed by atoms with van der Waals surface area (Å²) in [6.07, 6.45) is 15.8. The van der Waals surface area contributed by atoms with Crippen molar-refractivity contribution in [2.45, 2.75) is 266 Å². The monoisotopic (exact) mass is 1500 g/mol. The molecule has 6 fully saturated rings. The highest BCUT2D eigenvalue weighted by atomic mass is 32.2. The Bertz CT molecular complexity index is 3180. The summed E-state index contributed by atoms with van der Waals surface area (Å²) in [6, 6.07) is 17.2.